The van der Waals surface area contributed by atoms with E-state index in [1.54, 1.807) is 6.07 Å². The van der Waals surface area contributed by atoms with Crippen LogP contribution in [0.15, 0.2) is 0 Å². The van der Waals surface area contributed by atoms with Gasteiger partial charge in [-0.05, 0) is 0 Å². The first-order valence-corrected chi connectivity index (χ1v) is 6.71. The van der Waals surface area contributed by atoms with E-state index in [2.05, 4.69) is 14.7 Å². The molecule has 0 radical (unpaired) electrons. The van der Waals surface area contributed by atoms with Gasteiger partial charge in [0.15, 0.2) is 11.4 Å². The minimum Gasteiger partial charge on any atom is -0.474 e. The zero-order chi connectivity index (χ0) is 14.5. The van der Waals surface area contributed by atoms with Crippen LogP contribution in [0.25, 0.3) is 0 Å². The van der Waals surface area contributed by atoms with Gasteiger partial charge in [0.05, 0.1) is 6.61 Å². The molecule has 10 nitrogen and oxygen atoms in total. The number of nitrogens with zero attached hydrogens (tertiary/aromatic N) is 3. The molecule has 0 unspecified atom stereocenters. The van der Waals surface area contributed by atoms with Crippen molar-refractivity contribution < 1.29 is 23.8 Å². The Labute approximate surface area is 108 Å². The van der Waals surface area contributed by atoms with Gasteiger partial charge in [0.25, 0.3) is 0 Å². The molecule has 1 heterocycles. The first-order chi connectivity index (χ1) is 8.83. The summed E-state index contributed by atoms with van der Waals surface area (Å²) in [6.45, 7) is -0.176. The van der Waals surface area contributed by atoms with Crippen LogP contribution >= 0.6 is 7.60 Å². The van der Waals surface area contributed by atoms with Crippen LogP contribution in [0.5, 0.6) is 5.88 Å². The molecular formula is C8H12N5O5P. The second-order valence-electron chi connectivity index (χ2n) is 3.31. The fourth-order valence-electron chi connectivity index (χ4n) is 1.06. The maximum Gasteiger partial charge on any atom is 0.350 e. The standard InChI is InChI=1S/C8H12N5O5P/c9-3-5-6(10)12-8(11)13-7(5)18-2-1-17-4-19(14,15)16/h1-2,4H2,(H2,14,15,16)(H4,10,11,12,13). The third-order valence-electron chi connectivity index (χ3n) is 1.76. The molecule has 1 aromatic heterocycles. The first-order valence-electron chi connectivity index (χ1n) is 4.91. The SMILES string of the molecule is N#Cc1c(N)nc(N)nc1OCCOCP(=O)(O)O. The summed E-state index contributed by atoms with van der Waals surface area (Å²) in [5.74, 6) is -0.365. The highest BCUT2D eigenvalue weighted by Gasteiger charge is 2.14. The Kier molecular flexibility index (Phi) is 5.02. The van der Waals surface area contributed by atoms with Crippen LogP contribution in [-0.2, 0) is 9.30 Å². The Hall–Kier alpha value is -1.92. The Balaban J connectivity index is 2.55. The molecule has 1 aromatic rings. The molecule has 104 valence electrons. The number of rotatable bonds is 6. The summed E-state index contributed by atoms with van der Waals surface area (Å²) in [4.78, 5) is 24.3. The van der Waals surface area contributed by atoms with E-state index in [9.17, 15) is 4.57 Å². The van der Waals surface area contributed by atoms with Crippen LogP contribution < -0.4 is 16.2 Å². The largest absolute Gasteiger partial charge is 0.474 e. The van der Waals surface area contributed by atoms with Gasteiger partial charge in [-0.1, -0.05) is 0 Å². The smallest absolute Gasteiger partial charge is 0.350 e. The predicted molar refractivity (Wildman–Crippen MR) is 63.9 cm³/mol. The summed E-state index contributed by atoms with van der Waals surface area (Å²) < 4.78 is 20.3. The Bertz CT molecular complexity index is 539. The first kappa shape index (κ1) is 15.1. The zero-order valence-electron chi connectivity index (χ0n) is 9.68. The lowest BCUT2D eigenvalue weighted by molar-refractivity contribution is 0.117. The summed E-state index contributed by atoms with van der Waals surface area (Å²) in [6, 6.07) is 1.76. The van der Waals surface area contributed by atoms with Crippen molar-refractivity contribution in [2.45, 2.75) is 0 Å². The van der Waals surface area contributed by atoms with Crippen molar-refractivity contribution in [3.05, 3.63) is 5.56 Å². The molecular weight excluding hydrogens is 277 g/mol. The molecule has 11 heteroatoms. The second kappa shape index (κ2) is 6.31. The Morgan fingerprint density at radius 2 is 2.00 bits per heavy atom. The fourth-order valence-corrected chi connectivity index (χ4v) is 1.43. The monoisotopic (exact) mass is 289 g/mol. The van der Waals surface area contributed by atoms with Crippen molar-refractivity contribution in [2.75, 3.05) is 31.0 Å². The normalized spacial score (nSPS) is 11.0. The molecule has 0 bridgehead atoms. The molecule has 0 atom stereocenters. The summed E-state index contributed by atoms with van der Waals surface area (Å²) in [5, 5.41) is 8.83. The van der Waals surface area contributed by atoms with E-state index in [1.165, 1.54) is 0 Å². The van der Waals surface area contributed by atoms with Gasteiger partial charge in [-0.3, -0.25) is 4.57 Å². The van der Waals surface area contributed by atoms with E-state index in [0.717, 1.165) is 0 Å². The molecule has 0 spiro atoms. The van der Waals surface area contributed by atoms with Crippen molar-refractivity contribution in [2.24, 2.45) is 0 Å². The lowest BCUT2D eigenvalue weighted by Crippen LogP contribution is -2.12. The van der Waals surface area contributed by atoms with Crippen LogP contribution in [0.4, 0.5) is 11.8 Å². The molecule has 0 saturated carbocycles. The number of hydrogen-bond donors (Lipinski definition) is 4. The van der Waals surface area contributed by atoms with Crippen molar-refractivity contribution >= 4 is 19.4 Å². The van der Waals surface area contributed by atoms with Crippen LogP contribution in [0, 0.1) is 11.3 Å². The molecule has 0 fully saturated rings. The van der Waals surface area contributed by atoms with Crippen molar-refractivity contribution in [3.63, 3.8) is 0 Å². The van der Waals surface area contributed by atoms with Gasteiger partial charge in [0.1, 0.15) is 19.0 Å². The van der Waals surface area contributed by atoms with E-state index in [4.69, 9.17) is 31.3 Å². The quantitative estimate of drug-likeness (QED) is 0.376. The number of hydrogen-bond acceptors (Lipinski definition) is 8. The van der Waals surface area contributed by atoms with Crippen LogP contribution in [0.2, 0.25) is 0 Å². The highest BCUT2D eigenvalue weighted by molar-refractivity contribution is 7.51. The van der Waals surface area contributed by atoms with Gasteiger partial charge < -0.3 is 30.7 Å². The summed E-state index contributed by atoms with van der Waals surface area (Å²) >= 11 is 0. The van der Waals surface area contributed by atoms with Crippen molar-refractivity contribution in [1.29, 1.82) is 5.26 Å². The molecule has 0 saturated heterocycles. The van der Waals surface area contributed by atoms with Gasteiger partial charge in [-0.2, -0.15) is 15.2 Å². The van der Waals surface area contributed by atoms with Crippen LogP contribution in [0.3, 0.4) is 0 Å². The lowest BCUT2D eigenvalue weighted by atomic mass is 10.3. The molecule has 0 amide bonds. The molecule has 0 aliphatic heterocycles. The molecule has 0 aromatic carbocycles. The number of ether oxygens (including phenoxy) is 2. The van der Waals surface area contributed by atoms with Gasteiger partial charge in [0, 0.05) is 0 Å². The highest BCUT2D eigenvalue weighted by atomic mass is 31.2. The predicted octanol–water partition coefficient (Wildman–Crippen LogP) is -0.957. The van der Waals surface area contributed by atoms with E-state index in [-0.39, 0.29) is 36.4 Å². The Morgan fingerprint density at radius 3 is 2.58 bits per heavy atom. The molecule has 19 heavy (non-hydrogen) atoms. The maximum absolute atomic E-state index is 10.5. The third kappa shape index (κ3) is 5.07. The minimum atomic E-state index is -4.20. The summed E-state index contributed by atoms with van der Waals surface area (Å²) in [7, 11) is -4.20. The number of nitriles is 1. The van der Waals surface area contributed by atoms with Crippen LogP contribution in [0.1, 0.15) is 5.56 Å². The molecule has 0 aliphatic carbocycles. The van der Waals surface area contributed by atoms with Gasteiger partial charge >= 0.3 is 7.60 Å². The van der Waals surface area contributed by atoms with Gasteiger partial charge in [-0.25, -0.2) is 0 Å². The maximum atomic E-state index is 10.5. The highest BCUT2D eigenvalue weighted by Crippen LogP contribution is 2.33. The van der Waals surface area contributed by atoms with E-state index < -0.39 is 13.9 Å². The Morgan fingerprint density at radius 1 is 1.32 bits per heavy atom. The molecule has 6 N–H and O–H groups in total. The van der Waals surface area contributed by atoms with Gasteiger partial charge in [0.2, 0.25) is 11.8 Å². The lowest BCUT2D eigenvalue weighted by Gasteiger charge is -2.09. The van der Waals surface area contributed by atoms with Crippen molar-refractivity contribution in [3.8, 4) is 11.9 Å². The zero-order valence-corrected chi connectivity index (χ0v) is 10.6. The fraction of sp³-hybridized carbons (Fsp3) is 0.375. The third-order valence-corrected chi connectivity index (χ3v) is 2.28. The number of nitrogens with two attached hydrogens (primary N) is 2. The second-order valence-corrected chi connectivity index (χ2v) is 4.90. The number of nitrogen functional groups attached to an aromatic ring is 2. The molecule has 1 rings (SSSR count). The number of anilines is 2. The van der Waals surface area contributed by atoms with E-state index in [1.807, 2.05) is 0 Å². The molecule has 0 aliphatic rings. The average molecular weight is 289 g/mol. The average Bonchev–Trinajstić information content (AvgIpc) is 2.26. The van der Waals surface area contributed by atoms with E-state index >= 15 is 0 Å². The minimum absolute atomic E-state index is 0.0656. The number of aromatic nitrogens is 2. The van der Waals surface area contributed by atoms with Gasteiger partial charge in [-0.15, -0.1) is 0 Å². The topological polar surface area (TPSA) is 178 Å². The summed E-state index contributed by atoms with van der Waals surface area (Å²) in [6.07, 6.45) is -0.713. The van der Waals surface area contributed by atoms with Crippen molar-refractivity contribution in [1.82, 2.24) is 9.97 Å². The summed E-state index contributed by atoms with van der Waals surface area (Å²) in [5.41, 5.74) is 10.7. The van der Waals surface area contributed by atoms with Crippen LogP contribution in [-0.4, -0.2) is 39.3 Å². The van der Waals surface area contributed by atoms with E-state index in [0.29, 0.717) is 0 Å².